The van der Waals surface area contributed by atoms with E-state index in [0.717, 1.165) is 5.56 Å². The smallest absolute Gasteiger partial charge is 0.182 e. The lowest BCUT2D eigenvalue weighted by Gasteiger charge is -2.03. The van der Waals surface area contributed by atoms with Gasteiger partial charge in [-0.05, 0) is 12.0 Å². The van der Waals surface area contributed by atoms with E-state index >= 15 is 0 Å². The maximum absolute atomic E-state index is 11.1. The summed E-state index contributed by atoms with van der Waals surface area (Å²) in [6, 6.07) is 7.16. The van der Waals surface area contributed by atoms with Crippen molar-refractivity contribution in [3.63, 3.8) is 0 Å². The van der Waals surface area contributed by atoms with Crippen molar-refractivity contribution < 1.29 is 5.11 Å². The Balaban J connectivity index is 3.03. The first-order chi connectivity index (χ1) is 4.72. The third-order valence-corrected chi connectivity index (χ3v) is 1.54. The van der Waals surface area contributed by atoms with Crippen LogP contribution in [0.2, 0.25) is 0 Å². The van der Waals surface area contributed by atoms with Crippen molar-refractivity contribution in [2.45, 2.75) is 19.8 Å². The molecule has 0 saturated heterocycles. The number of hydrogen-bond acceptors (Lipinski definition) is 0. The van der Waals surface area contributed by atoms with E-state index in [9.17, 15) is 5.11 Å². The molecule has 1 aromatic carbocycles. The minimum Gasteiger partial charge on any atom is -0.290 e. The Kier molecular flexibility index (Phi) is 1.95. The molecule has 0 unspecified atom stereocenters. The minimum atomic E-state index is 0.150. The van der Waals surface area contributed by atoms with Crippen LogP contribution in [0.4, 0.5) is 0 Å². The molecule has 0 saturated carbocycles. The average Bonchev–Trinajstić information content (AvgIpc) is 1.88. The molecule has 0 aliphatic heterocycles. The van der Waals surface area contributed by atoms with Gasteiger partial charge >= 0.3 is 0 Å². The molecule has 53 valence electrons. The molecule has 0 aliphatic rings. The molecule has 0 fully saturated rings. The number of benzene rings is 1. The number of para-hydroxylation sites is 1. The van der Waals surface area contributed by atoms with Crippen LogP contribution in [0, 0.1) is 0 Å². The monoisotopic (exact) mass is 135 g/mol. The van der Waals surface area contributed by atoms with Crippen LogP contribution < -0.4 is 0 Å². The molecule has 0 heterocycles. The predicted octanol–water partition coefficient (Wildman–Crippen LogP) is 2.95. The van der Waals surface area contributed by atoms with Crippen LogP contribution in [0.25, 0.3) is 0 Å². The maximum Gasteiger partial charge on any atom is 0.182 e. The van der Waals surface area contributed by atoms with Crippen molar-refractivity contribution in [2.75, 3.05) is 0 Å². The molecule has 0 spiro atoms. The highest BCUT2D eigenvalue weighted by molar-refractivity contribution is 5.33. The molecular weight excluding hydrogens is 124 g/mol. The van der Waals surface area contributed by atoms with Crippen LogP contribution in [0.3, 0.4) is 0 Å². The fourth-order valence-electron chi connectivity index (χ4n) is 0.958. The lowest BCUT2D eigenvalue weighted by atomic mass is 10.0. The van der Waals surface area contributed by atoms with Gasteiger partial charge in [0.05, 0.1) is 0 Å². The molecule has 1 rings (SSSR count). The third kappa shape index (κ3) is 1.29. The van der Waals surface area contributed by atoms with Crippen LogP contribution in [-0.4, -0.2) is 0 Å². The van der Waals surface area contributed by atoms with E-state index in [4.69, 9.17) is 0 Å². The van der Waals surface area contributed by atoms with Crippen molar-refractivity contribution in [1.29, 1.82) is 0 Å². The summed E-state index contributed by atoms with van der Waals surface area (Å²) in [5, 5.41) is 11.1. The van der Waals surface area contributed by atoms with Gasteiger partial charge in [0.2, 0.25) is 0 Å². The molecule has 1 aromatic rings. The van der Waals surface area contributed by atoms with Gasteiger partial charge in [0, 0.05) is 5.56 Å². The zero-order chi connectivity index (χ0) is 7.56. The largest absolute Gasteiger partial charge is 0.290 e. The minimum absolute atomic E-state index is 0.150. The van der Waals surface area contributed by atoms with Gasteiger partial charge in [-0.1, -0.05) is 32.0 Å². The Morgan fingerprint density at radius 3 is 2.20 bits per heavy atom. The SMILES string of the molecule is CC(C)c1ccccc1[O]. The molecule has 1 radical (unpaired) electrons. The van der Waals surface area contributed by atoms with E-state index in [2.05, 4.69) is 0 Å². The summed E-state index contributed by atoms with van der Waals surface area (Å²) in [4.78, 5) is 0. The molecule has 0 aromatic heterocycles. The zero-order valence-electron chi connectivity index (χ0n) is 6.29. The Labute approximate surface area is 61.3 Å². The summed E-state index contributed by atoms with van der Waals surface area (Å²) in [6.07, 6.45) is 0. The highest BCUT2D eigenvalue weighted by Gasteiger charge is 2.03. The second-order valence-electron chi connectivity index (χ2n) is 2.69. The van der Waals surface area contributed by atoms with Crippen LogP contribution in [0.15, 0.2) is 24.3 Å². The third-order valence-electron chi connectivity index (χ3n) is 1.54. The molecule has 10 heavy (non-hydrogen) atoms. The van der Waals surface area contributed by atoms with E-state index < -0.39 is 0 Å². The van der Waals surface area contributed by atoms with Gasteiger partial charge in [-0.3, -0.25) is 5.11 Å². The van der Waals surface area contributed by atoms with Crippen molar-refractivity contribution >= 4 is 0 Å². The molecule has 0 bridgehead atoms. The Morgan fingerprint density at radius 1 is 1.20 bits per heavy atom. The lowest BCUT2D eigenvalue weighted by molar-refractivity contribution is 0.348. The molecular formula is C9H11O. The second kappa shape index (κ2) is 2.74. The Hall–Kier alpha value is -0.980. The maximum atomic E-state index is 11.1. The predicted molar refractivity (Wildman–Crippen MR) is 40.7 cm³/mol. The van der Waals surface area contributed by atoms with Crippen LogP contribution in [0.1, 0.15) is 25.3 Å². The molecule has 1 nitrogen and oxygen atoms in total. The summed E-state index contributed by atoms with van der Waals surface area (Å²) in [7, 11) is 0. The first-order valence-electron chi connectivity index (χ1n) is 3.47. The molecule has 1 heteroatoms. The summed E-state index contributed by atoms with van der Waals surface area (Å²) in [6.45, 7) is 4.05. The van der Waals surface area contributed by atoms with E-state index in [1.807, 2.05) is 26.0 Å². The average molecular weight is 135 g/mol. The lowest BCUT2D eigenvalue weighted by Crippen LogP contribution is -1.85. The molecule has 0 atom stereocenters. The molecule has 0 aliphatic carbocycles. The van der Waals surface area contributed by atoms with Crippen molar-refractivity contribution in [2.24, 2.45) is 0 Å². The van der Waals surface area contributed by atoms with Crippen molar-refractivity contribution in [1.82, 2.24) is 0 Å². The van der Waals surface area contributed by atoms with Crippen LogP contribution >= 0.6 is 0 Å². The highest BCUT2D eigenvalue weighted by atomic mass is 16.3. The normalized spacial score (nSPS) is 10.3. The second-order valence-corrected chi connectivity index (χ2v) is 2.69. The summed E-state index contributed by atoms with van der Waals surface area (Å²) >= 11 is 0. The van der Waals surface area contributed by atoms with Gasteiger partial charge in [0.15, 0.2) is 5.75 Å². The van der Waals surface area contributed by atoms with Gasteiger partial charge in [-0.25, -0.2) is 0 Å². The van der Waals surface area contributed by atoms with Crippen molar-refractivity contribution in [3.8, 4) is 5.75 Å². The standard InChI is InChI=1S/C9H11O/c1-7(2)8-5-3-4-6-9(8)10/h3-7H,1-2H3. The van der Waals surface area contributed by atoms with E-state index in [1.165, 1.54) is 0 Å². The fourth-order valence-corrected chi connectivity index (χ4v) is 0.958. The van der Waals surface area contributed by atoms with E-state index in [0.29, 0.717) is 5.92 Å². The topological polar surface area (TPSA) is 19.9 Å². The number of rotatable bonds is 1. The highest BCUT2D eigenvalue weighted by Crippen LogP contribution is 2.24. The van der Waals surface area contributed by atoms with Crippen molar-refractivity contribution in [3.05, 3.63) is 29.8 Å². The first-order valence-corrected chi connectivity index (χ1v) is 3.47. The molecule has 0 amide bonds. The van der Waals surface area contributed by atoms with Gasteiger partial charge in [0.1, 0.15) is 0 Å². The van der Waals surface area contributed by atoms with E-state index in [-0.39, 0.29) is 5.75 Å². The van der Waals surface area contributed by atoms with Crippen LogP contribution in [-0.2, 0) is 5.11 Å². The van der Waals surface area contributed by atoms with Crippen LogP contribution in [0.5, 0.6) is 5.75 Å². The number of hydrogen-bond donors (Lipinski definition) is 0. The Bertz CT molecular complexity index is 216. The first kappa shape index (κ1) is 7.13. The zero-order valence-corrected chi connectivity index (χ0v) is 6.29. The van der Waals surface area contributed by atoms with E-state index in [1.54, 1.807) is 12.1 Å². The molecule has 0 N–H and O–H groups in total. The summed E-state index contributed by atoms with van der Waals surface area (Å²) in [5.41, 5.74) is 0.905. The summed E-state index contributed by atoms with van der Waals surface area (Å²) in [5.74, 6) is 0.492. The summed E-state index contributed by atoms with van der Waals surface area (Å²) < 4.78 is 0. The van der Waals surface area contributed by atoms with Gasteiger partial charge in [-0.2, -0.15) is 0 Å². The van der Waals surface area contributed by atoms with Gasteiger partial charge in [0.25, 0.3) is 0 Å². The quantitative estimate of drug-likeness (QED) is 0.564. The Morgan fingerprint density at radius 2 is 1.80 bits per heavy atom. The van der Waals surface area contributed by atoms with Gasteiger partial charge in [-0.15, -0.1) is 0 Å². The fraction of sp³-hybridized carbons (Fsp3) is 0.333. The van der Waals surface area contributed by atoms with Gasteiger partial charge < -0.3 is 0 Å².